The molecule has 112 valence electrons. The average Bonchev–Trinajstić information content (AvgIpc) is 2.57. The van der Waals surface area contributed by atoms with E-state index in [0.29, 0.717) is 10.9 Å². The van der Waals surface area contributed by atoms with Crippen LogP contribution in [0.15, 0.2) is 66.0 Å². The highest BCUT2D eigenvalue weighted by molar-refractivity contribution is 7.71. The SMILES string of the molecule is CCOP(=O)(C(C#N)=C(O)c1ccccc1)c1ccccc1. The zero-order valence-electron chi connectivity index (χ0n) is 12.1. The van der Waals surface area contributed by atoms with Crippen LogP contribution in [0.25, 0.3) is 5.76 Å². The van der Waals surface area contributed by atoms with Crippen LogP contribution in [0.4, 0.5) is 0 Å². The van der Waals surface area contributed by atoms with Gasteiger partial charge in [-0.3, -0.25) is 4.57 Å². The fraction of sp³-hybridized carbons (Fsp3) is 0.118. The Labute approximate surface area is 129 Å². The van der Waals surface area contributed by atoms with E-state index in [-0.39, 0.29) is 17.7 Å². The van der Waals surface area contributed by atoms with Gasteiger partial charge in [0.15, 0.2) is 5.31 Å². The number of rotatable bonds is 5. The van der Waals surface area contributed by atoms with Crippen molar-refractivity contribution in [2.75, 3.05) is 6.61 Å². The van der Waals surface area contributed by atoms with E-state index in [1.54, 1.807) is 67.6 Å². The van der Waals surface area contributed by atoms with Crippen molar-refractivity contribution < 1.29 is 14.2 Å². The highest BCUT2D eigenvalue weighted by Crippen LogP contribution is 2.55. The molecule has 2 rings (SSSR count). The summed E-state index contributed by atoms with van der Waals surface area (Å²) in [4.78, 5) is 0. The largest absolute Gasteiger partial charge is 0.506 e. The van der Waals surface area contributed by atoms with Crippen LogP contribution >= 0.6 is 7.37 Å². The van der Waals surface area contributed by atoms with Crippen LogP contribution in [-0.2, 0) is 9.09 Å². The monoisotopic (exact) mass is 313 g/mol. The van der Waals surface area contributed by atoms with Gasteiger partial charge in [-0.2, -0.15) is 5.26 Å². The third kappa shape index (κ3) is 3.12. The van der Waals surface area contributed by atoms with E-state index in [2.05, 4.69) is 0 Å². The second-order valence-electron chi connectivity index (χ2n) is 4.48. The van der Waals surface area contributed by atoms with Gasteiger partial charge >= 0.3 is 0 Å². The molecule has 0 heterocycles. The molecule has 0 amide bonds. The van der Waals surface area contributed by atoms with Gasteiger partial charge in [-0.15, -0.1) is 0 Å². The maximum absolute atomic E-state index is 13.3. The van der Waals surface area contributed by atoms with E-state index in [1.807, 2.05) is 6.07 Å². The molecule has 0 saturated heterocycles. The Morgan fingerprint density at radius 2 is 1.68 bits per heavy atom. The Hall–Kier alpha value is -2.34. The van der Waals surface area contributed by atoms with Gasteiger partial charge in [0.05, 0.1) is 6.61 Å². The summed E-state index contributed by atoms with van der Waals surface area (Å²) in [7, 11) is -3.63. The lowest BCUT2D eigenvalue weighted by Crippen LogP contribution is -2.10. The summed E-state index contributed by atoms with van der Waals surface area (Å²) in [5.41, 5.74) is 0.426. The van der Waals surface area contributed by atoms with E-state index in [1.165, 1.54) is 0 Å². The second-order valence-corrected chi connectivity index (χ2v) is 6.80. The molecule has 22 heavy (non-hydrogen) atoms. The first-order valence-electron chi connectivity index (χ1n) is 6.83. The number of aliphatic hydroxyl groups excluding tert-OH is 1. The van der Waals surface area contributed by atoms with Crippen molar-refractivity contribution in [1.82, 2.24) is 0 Å². The maximum Gasteiger partial charge on any atom is 0.275 e. The maximum atomic E-state index is 13.3. The third-order valence-corrected chi connectivity index (χ3v) is 5.58. The first kappa shape index (κ1) is 16.0. The van der Waals surface area contributed by atoms with Gasteiger partial charge in [-0.25, -0.2) is 0 Å². The van der Waals surface area contributed by atoms with Gasteiger partial charge in [-0.1, -0.05) is 48.5 Å². The molecular weight excluding hydrogens is 297 g/mol. The van der Waals surface area contributed by atoms with E-state index in [0.717, 1.165) is 0 Å². The fourth-order valence-corrected chi connectivity index (χ4v) is 4.07. The number of hydrogen-bond donors (Lipinski definition) is 1. The lowest BCUT2D eigenvalue weighted by Gasteiger charge is -2.18. The molecule has 2 aromatic rings. The summed E-state index contributed by atoms with van der Waals surface area (Å²) in [6.45, 7) is 1.86. The van der Waals surface area contributed by atoms with Gasteiger partial charge in [0.1, 0.15) is 11.8 Å². The summed E-state index contributed by atoms with van der Waals surface area (Å²) in [6, 6.07) is 18.9. The summed E-state index contributed by atoms with van der Waals surface area (Å²) >= 11 is 0. The fourth-order valence-electron chi connectivity index (χ4n) is 2.07. The minimum Gasteiger partial charge on any atom is -0.506 e. The minimum absolute atomic E-state index is 0.166. The quantitative estimate of drug-likeness (QED) is 0.513. The Morgan fingerprint density at radius 1 is 1.14 bits per heavy atom. The molecule has 0 aliphatic rings. The molecule has 1 unspecified atom stereocenters. The number of aliphatic hydroxyl groups is 1. The molecule has 4 nitrogen and oxygen atoms in total. The molecule has 5 heteroatoms. The highest BCUT2D eigenvalue weighted by Gasteiger charge is 2.34. The standard InChI is InChI=1S/C17H16NO3P/c1-2-21-22(20,15-11-7-4-8-12-15)16(13-18)17(19)14-9-5-3-6-10-14/h3-12,19H,2H2,1H3. The molecule has 0 aliphatic heterocycles. The van der Waals surface area contributed by atoms with Crippen LogP contribution in [0, 0.1) is 11.3 Å². The molecule has 1 atom stereocenters. The van der Waals surface area contributed by atoms with E-state index < -0.39 is 7.37 Å². The zero-order valence-corrected chi connectivity index (χ0v) is 13.0. The molecule has 0 saturated carbocycles. The van der Waals surface area contributed by atoms with Crippen LogP contribution in [0.2, 0.25) is 0 Å². The van der Waals surface area contributed by atoms with E-state index in [4.69, 9.17) is 4.52 Å². The number of nitriles is 1. The molecule has 0 radical (unpaired) electrons. The van der Waals surface area contributed by atoms with Crippen molar-refractivity contribution in [2.24, 2.45) is 0 Å². The molecule has 0 aromatic heterocycles. The first-order valence-corrected chi connectivity index (χ1v) is 8.45. The summed E-state index contributed by atoms with van der Waals surface area (Å²) in [5, 5.41) is 20.0. The minimum atomic E-state index is -3.63. The van der Waals surface area contributed by atoms with Crippen molar-refractivity contribution in [3.63, 3.8) is 0 Å². The Bertz CT molecular complexity index is 748. The molecule has 0 bridgehead atoms. The molecule has 0 fully saturated rings. The van der Waals surface area contributed by atoms with Crippen molar-refractivity contribution in [3.8, 4) is 6.07 Å². The first-order chi connectivity index (χ1) is 10.6. The van der Waals surface area contributed by atoms with Gasteiger partial charge < -0.3 is 9.63 Å². The topological polar surface area (TPSA) is 70.3 Å². The van der Waals surface area contributed by atoms with Crippen molar-refractivity contribution >= 4 is 18.4 Å². The summed E-state index contributed by atoms with van der Waals surface area (Å²) < 4.78 is 18.7. The normalized spacial score (nSPS) is 14.5. The van der Waals surface area contributed by atoms with Gasteiger partial charge in [0.25, 0.3) is 7.37 Å². The van der Waals surface area contributed by atoms with Crippen molar-refractivity contribution in [1.29, 1.82) is 5.26 Å². The Kier molecular flexibility index (Phi) is 5.16. The predicted molar refractivity (Wildman–Crippen MR) is 86.9 cm³/mol. The lowest BCUT2D eigenvalue weighted by atomic mass is 10.2. The number of allylic oxidation sites excluding steroid dienone is 1. The van der Waals surface area contributed by atoms with Crippen LogP contribution in [0.1, 0.15) is 12.5 Å². The van der Waals surface area contributed by atoms with Crippen LogP contribution < -0.4 is 5.30 Å². The number of nitrogens with zero attached hydrogens (tertiary/aromatic N) is 1. The van der Waals surface area contributed by atoms with Crippen LogP contribution in [0.3, 0.4) is 0 Å². The van der Waals surface area contributed by atoms with Crippen LogP contribution in [0.5, 0.6) is 0 Å². The number of benzene rings is 2. The smallest absolute Gasteiger partial charge is 0.275 e. The molecular formula is C17H16NO3P. The second kappa shape index (κ2) is 7.09. The van der Waals surface area contributed by atoms with Gasteiger partial charge in [-0.05, 0) is 19.1 Å². The van der Waals surface area contributed by atoms with Gasteiger partial charge in [0.2, 0.25) is 0 Å². The predicted octanol–water partition coefficient (Wildman–Crippen LogP) is 4.08. The van der Waals surface area contributed by atoms with Crippen LogP contribution in [-0.4, -0.2) is 11.7 Å². The molecule has 2 aromatic carbocycles. The third-order valence-electron chi connectivity index (χ3n) is 3.08. The molecule has 1 N–H and O–H groups in total. The summed E-state index contributed by atoms with van der Waals surface area (Å²) in [5.74, 6) is -0.316. The lowest BCUT2D eigenvalue weighted by molar-refractivity contribution is 0.345. The zero-order chi connectivity index (χ0) is 16.0. The van der Waals surface area contributed by atoms with Crippen molar-refractivity contribution in [3.05, 3.63) is 71.5 Å². The van der Waals surface area contributed by atoms with Crippen molar-refractivity contribution in [2.45, 2.75) is 6.92 Å². The highest BCUT2D eigenvalue weighted by atomic mass is 31.2. The van der Waals surface area contributed by atoms with Gasteiger partial charge in [0, 0.05) is 10.9 Å². The van der Waals surface area contributed by atoms with E-state index >= 15 is 0 Å². The molecule has 0 aliphatic carbocycles. The Balaban J connectivity index is 2.65. The molecule has 0 spiro atoms. The number of hydrogen-bond acceptors (Lipinski definition) is 4. The average molecular weight is 313 g/mol. The summed E-state index contributed by atoms with van der Waals surface area (Å²) in [6.07, 6.45) is 0. The Morgan fingerprint density at radius 3 is 2.18 bits per heavy atom. The van der Waals surface area contributed by atoms with E-state index in [9.17, 15) is 14.9 Å².